The number of hydrogen-bond donors (Lipinski definition) is 2. The van der Waals surface area contributed by atoms with Gasteiger partial charge in [-0.3, -0.25) is 9.59 Å². The molecule has 108 valence electrons. The average Bonchev–Trinajstić information content (AvgIpc) is 2.37. The lowest BCUT2D eigenvalue weighted by Gasteiger charge is -2.15. The van der Waals surface area contributed by atoms with Crippen LogP contribution in [0.15, 0.2) is 0 Å². The van der Waals surface area contributed by atoms with Gasteiger partial charge < -0.3 is 15.8 Å². The van der Waals surface area contributed by atoms with Crippen molar-refractivity contribution in [2.24, 2.45) is 17.6 Å². The summed E-state index contributed by atoms with van der Waals surface area (Å²) in [4.78, 5) is 22.5. The van der Waals surface area contributed by atoms with E-state index < -0.39 is 0 Å². The second-order valence-corrected chi connectivity index (χ2v) is 4.01. The lowest BCUT2D eigenvalue weighted by Crippen LogP contribution is -2.80. The van der Waals surface area contributed by atoms with Crippen LogP contribution in [0.2, 0.25) is 0 Å². The van der Waals surface area contributed by atoms with Gasteiger partial charge in [-0.15, -0.1) is 0 Å². The molecule has 2 atom stereocenters. The van der Waals surface area contributed by atoms with Crippen LogP contribution in [-0.4, -0.2) is 32.1 Å². The highest BCUT2D eigenvalue weighted by molar-refractivity contribution is 5.78. The van der Waals surface area contributed by atoms with E-state index in [1.165, 1.54) is 0 Å². The van der Waals surface area contributed by atoms with Crippen LogP contribution in [0.3, 0.4) is 0 Å². The van der Waals surface area contributed by atoms with Crippen molar-refractivity contribution in [3.63, 3.8) is 0 Å². The Morgan fingerprint density at radius 3 is 2.28 bits per heavy atom. The highest BCUT2D eigenvalue weighted by atomic mass is 16.5. The van der Waals surface area contributed by atoms with E-state index in [0.717, 1.165) is 6.54 Å². The molecular formula is C13H29N2O3+. The van der Waals surface area contributed by atoms with Crippen LogP contribution in [0.25, 0.3) is 0 Å². The van der Waals surface area contributed by atoms with Crippen LogP contribution in [0.5, 0.6) is 0 Å². The number of rotatable bonds is 8. The molecule has 0 saturated heterocycles. The quantitative estimate of drug-likeness (QED) is 0.486. The predicted molar refractivity (Wildman–Crippen MR) is 71.8 cm³/mol. The first kappa shape index (κ1) is 19.2. The maximum absolute atomic E-state index is 11.5. The van der Waals surface area contributed by atoms with Gasteiger partial charge in [-0.05, 0) is 12.8 Å². The fourth-order valence-electron chi connectivity index (χ4n) is 1.43. The number of hydrogen-bond acceptors (Lipinski definition) is 3. The van der Waals surface area contributed by atoms with Crippen molar-refractivity contribution in [2.45, 2.75) is 40.5 Å². The zero-order chi connectivity index (χ0) is 14.6. The minimum Gasteiger partial charge on any atom is -0.459 e. The summed E-state index contributed by atoms with van der Waals surface area (Å²) in [6.07, 6.45) is 1.14. The molecule has 0 aromatic rings. The number of likely N-dealkylation sites (N-methyl/N-ethyl adjacent to an activating group) is 1. The number of nitrogens with two attached hydrogens (primary N) is 2. The summed E-state index contributed by atoms with van der Waals surface area (Å²) < 4.78 is 5.05. The minimum atomic E-state index is -0.343. The number of esters is 1. The molecule has 0 heterocycles. The van der Waals surface area contributed by atoms with Crippen molar-refractivity contribution in [3.8, 4) is 0 Å². The summed E-state index contributed by atoms with van der Waals surface area (Å²) >= 11 is 0. The van der Waals surface area contributed by atoms with Crippen LogP contribution in [0.4, 0.5) is 0 Å². The highest BCUT2D eigenvalue weighted by Gasteiger charge is 2.22. The second-order valence-electron chi connectivity index (χ2n) is 4.01. The van der Waals surface area contributed by atoms with Crippen molar-refractivity contribution in [1.82, 2.24) is 0 Å². The van der Waals surface area contributed by atoms with Gasteiger partial charge >= 0.3 is 5.97 Å². The molecule has 0 spiro atoms. The van der Waals surface area contributed by atoms with Crippen molar-refractivity contribution in [3.05, 3.63) is 0 Å². The zero-order valence-electron chi connectivity index (χ0n) is 12.4. The van der Waals surface area contributed by atoms with Gasteiger partial charge in [-0.2, -0.15) is 0 Å². The average molecular weight is 261 g/mol. The number of amides is 1. The van der Waals surface area contributed by atoms with Gasteiger partial charge in [0.15, 0.2) is 0 Å². The fourth-order valence-corrected chi connectivity index (χ4v) is 1.43. The first-order valence-electron chi connectivity index (χ1n) is 6.76. The van der Waals surface area contributed by atoms with Crippen LogP contribution in [0.1, 0.15) is 40.5 Å². The van der Waals surface area contributed by atoms with Gasteiger partial charge in [0.25, 0.3) is 0 Å². The lowest BCUT2D eigenvalue weighted by molar-refractivity contribution is -0.628. The zero-order valence-corrected chi connectivity index (χ0v) is 12.4. The van der Waals surface area contributed by atoms with Crippen molar-refractivity contribution >= 4 is 11.9 Å². The molecule has 18 heavy (non-hydrogen) atoms. The SMILES string of the molecule is CC.CC[C@H](CC(C)C(=O)OCC[NH2+]C)C(N)=O. The molecule has 0 aliphatic carbocycles. The Bertz CT molecular complexity index is 232. The number of quaternary nitrogens is 1. The van der Waals surface area contributed by atoms with E-state index in [0.29, 0.717) is 19.4 Å². The van der Waals surface area contributed by atoms with Gasteiger partial charge in [0.2, 0.25) is 5.91 Å². The monoisotopic (exact) mass is 261 g/mol. The number of carbonyl (C=O) groups is 2. The summed E-state index contributed by atoms with van der Waals surface area (Å²) in [6, 6.07) is 0. The van der Waals surface area contributed by atoms with E-state index in [1.54, 1.807) is 6.92 Å². The van der Waals surface area contributed by atoms with Crippen LogP contribution >= 0.6 is 0 Å². The second kappa shape index (κ2) is 12.4. The number of carbonyl (C=O) groups excluding carboxylic acids is 2. The molecule has 5 heteroatoms. The molecule has 0 aliphatic heterocycles. The molecule has 0 aliphatic rings. The third kappa shape index (κ3) is 8.98. The molecule has 0 aromatic heterocycles. The summed E-state index contributed by atoms with van der Waals surface area (Å²) in [5.41, 5.74) is 5.22. The van der Waals surface area contributed by atoms with E-state index in [1.807, 2.05) is 33.1 Å². The minimum absolute atomic E-state index is 0.236. The van der Waals surface area contributed by atoms with Crippen molar-refractivity contribution in [2.75, 3.05) is 20.2 Å². The van der Waals surface area contributed by atoms with Gasteiger partial charge in [0.05, 0.1) is 13.0 Å². The smallest absolute Gasteiger partial charge is 0.308 e. The van der Waals surface area contributed by atoms with E-state index in [4.69, 9.17) is 10.5 Å². The van der Waals surface area contributed by atoms with Crippen LogP contribution in [-0.2, 0) is 14.3 Å². The summed E-state index contributed by atoms with van der Waals surface area (Å²) in [5.74, 6) is -1.10. The Labute approximate surface area is 110 Å². The Morgan fingerprint density at radius 2 is 1.89 bits per heavy atom. The molecule has 0 fully saturated rings. The van der Waals surface area contributed by atoms with Crippen LogP contribution in [0, 0.1) is 11.8 Å². The Hall–Kier alpha value is -1.10. The predicted octanol–water partition coefficient (Wildman–Crippen LogP) is 0.287. The summed E-state index contributed by atoms with van der Waals surface area (Å²) in [5, 5.41) is 1.94. The van der Waals surface area contributed by atoms with E-state index >= 15 is 0 Å². The van der Waals surface area contributed by atoms with Crippen molar-refractivity contribution < 1.29 is 19.6 Å². The third-order valence-electron chi connectivity index (χ3n) is 2.59. The summed E-state index contributed by atoms with van der Waals surface area (Å²) in [6.45, 7) is 8.82. The molecule has 1 amide bonds. The number of ether oxygens (including phenoxy) is 1. The molecule has 0 bridgehead atoms. The Kier molecular flexibility index (Phi) is 13.2. The first-order chi connectivity index (χ1) is 8.52. The fraction of sp³-hybridized carbons (Fsp3) is 0.846. The summed E-state index contributed by atoms with van der Waals surface area (Å²) in [7, 11) is 1.91. The topological polar surface area (TPSA) is 86.0 Å². The molecule has 0 aromatic carbocycles. The maximum Gasteiger partial charge on any atom is 0.308 e. The van der Waals surface area contributed by atoms with E-state index in [-0.39, 0.29) is 23.7 Å². The van der Waals surface area contributed by atoms with Gasteiger partial charge in [-0.25, -0.2) is 0 Å². The highest BCUT2D eigenvalue weighted by Crippen LogP contribution is 2.16. The van der Waals surface area contributed by atoms with Crippen LogP contribution < -0.4 is 11.1 Å². The largest absolute Gasteiger partial charge is 0.459 e. The first-order valence-corrected chi connectivity index (χ1v) is 6.76. The molecule has 1 unspecified atom stereocenters. The van der Waals surface area contributed by atoms with E-state index in [2.05, 4.69) is 0 Å². The van der Waals surface area contributed by atoms with E-state index in [9.17, 15) is 9.59 Å². The standard InChI is InChI=1S/C11H22N2O3.C2H6/c1-4-9(10(12)14)7-8(2)11(15)16-6-5-13-3;1-2/h8-9,13H,4-7H2,1-3H3,(H2,12,14);1-2H3/p+1/t8?,9-;/m1./s1. The molecule has 0 saturated carbocycles. The lowest BCUT2D eigenvalue weighted by atomic mass is 9.93. The molecule has 0 radical (unpaired) electrons. The molecule has 5 nitrogen and oxygen atoms in total. The number of primary amides is 1. The van der Waals surface area contributed by atoms with Gasteiger partial charge in [-0.1, -0.05) is 27.7 Å². The maximum atomic E-state index is 11.5. The Balaban J connectivity index is 0. The van der Waals surface area contributed by atoms with Gasteiger partial charge in [0.1, 0.15) is 13.2 Å². The third-order valence-corrected chi connectivity index (χ3v) is 2.59. The normalized spacial score (nSPS) is 12.9. The molecule has 4 N–H and O–H groups in total. The van der Waals surface area contributed by atoms with Gasteiger partial charge in [0, 0.05) is 5.92 Å². The molecular weight excluding hydrogens is 232 g/mol. The van der Waals surface area contributed by atoms with Crippen molar-refractivity contribution in [1.29, 1.82) is 0 Å². The Morgan fingerprint density at radius 1 is 1.33 bits per heavy atom. The molecule has 0 rings (SSSR count).